The fourth-order valence-corrected chi connectivity index (χ4v) is 5.63. The monoisotopic (exact) mass is 525 g/mol. The number of likely N-dealkylation sites (tertiary alicyclic amines) is 1. The van der Waals surface area contributed by atoms with Crippen molar-refractivity contribution >= 4 is 29.3 Å². The Balaban J connectivity index is 1.52. The first-order valence-electron chi connectivity index (χ1n) is 12.8. The van der Waals surface area contributed by atoms with Crippen LogP contribution in [0.15, 0.2) is 42.5 Å². The molecule has 2 N–H and O–H groups in total. The van der Waals surface area contributed by atoms with Crippen molar-refractivity contribution in [3.63, 3.8) is 0 Å². The van der Waals surface area contributed by atoms with Gasteiger partial charge in [-0.2, -0.15) is 0 Å². The first-order valence-corrected chi connectivity index (χ1v) is 13.2. The molecule has 2 heterocycles. The van der Waals surface area contributed by atoms with E-state index in [9.17, 15) is 19.5 Å². The molecule has 0 radical (unpaired) electrons. The van der Waals surface area contributed by atoms with Gasteiger partial charge in [-0.25, -0.2) is 0 Å². The molecule has 8 heteroatoms. The Morgan fingerprint density at radius 1 is 1.16 bits per heavy atom. The smallest absolute Gasteiger partial charge is 0.255 e. The number of β-amino-alcohol motifs (C(OH)–C–C–N with tert-alkyl or cyclic N) is 1. The summed E-state index contributed by atoms with van der Waals surface area (Å²) in [4.78, 5) is 43.4. The molecule has 3 atom stereocenters. The van der Waals surface area contributed by atoms with Crippen LogP contribution in [0.4, 0.5) is 0 Å². The normalized spacial score (nSPS) is 20.4. The predicted molar refractivity (Wildman–Crippen MR) is 143 cm³/mol. The minimum absolute atomic E-state index is 0.0588. The van der Waals surface area contributed by atoms with Crippen LogP contribution in [-0.4, -0.2) is 57.4 Å². The summed E-state index contributed by atoms with van der Waals surface area (Å²) in [5.74, 6) is -0.982. The number of aliphatic hydroxyl groups excluding tert-OH is 1. The van der Waals surface area contributed by atoms with Crippen molar-refractivity contribution < 1.29 is 19.5 Å². The lowest BCUT2D eigenvalue weighted by atomic mass is 9.84. The molecule has 2 aromatic rings. The van der Waals surface area contributed by atoms with Gasteiger partial charge in [-0.15, -0.1) is 0 Å². The van der Waals surface area contributed by atoms with Gasteiger partial charge in [0.25, 0.3) is 5.91 Å². The number of aliphatic hydroxyl groups is 1. The third-order valence-electron chi connectivity index (χ3n) is 7.27. The van der Waals surface area contributed by atoms with E-state index in [0.717, 1.165) is 16.7 Å². The summed E-state index contributed by atoms with van der Waals surface area (Å²) in [5.41, 5.74) is 3.31. The summed E-state index contributed by atoms with van der Waals surface area (Å²) >= 11 is 6.22. The SMILES string of the molecule is CC(C)C(C(=O)N1CC(O)CC1C(=O)NCc1ccc(Cl)cc1C(C)(C)C)N1Cc2ccccc2C1=O. The molecule has 2 aliphatic rings. The largest absolute Gasteiger partial charge is 0.391 e. The van der Waals surface area contributed by atoms with Crippen molar-refractivity contribution in [2.45, 2.75) is 77.7 Å². The van der Waals surface area contributed by atoms with Crippen LogP contribution in [0.5, 0.6) is 0 Å². The maximum atomic E-state index is 13.9. The van der Waals surface area contributed by atoms with Gasteiger partial charge in [-0.05, 0) is 46.2 Å². The number of hydrogen-bond donors (Lipinski definition) is 2. The van der Waals surface area contributed by atoms with E-state index >= 15 is 0 Å². The molecular weight excluding hydrogens is 490 g/mol. The maximum Gasteiger partial charge on any atom is 0.255 e. The van der Waals surface area contributed by atoms with Crippen molar-refractivity contribution in [2.75, 3.05) is 6.54 Å². The van der Waals surface area contributed by atoms with Crippen molar-refractivity contribution in [3.05, 3.63) is 69.7 Å². The molecular formula is C29H36ClN3O4. The average Bonchev–Trinajstić information content (AvgIpc) is 3.38. The molecule has 3 amide bonds. The van der Waals surface area contributed by atoms with Gasteiger partial charge in [0, 0.05) is 36.6 Å². The standard InChI is InChI=1S/C29H36ClN3O4/c1-17(2)25(33-15-19-8-6-7-9-22(19)27(33)36)28(37)32-16-21(34)13-24(32)26(35)31-14-18-10-11-20(30)12-23(18)29(3,4)5/h6-12,17,21,24-25,34H,13-16H2,1-5H3,(H,31,35). The van der Waals surface area contributed by atoms with Crippen LogP contribution in [0, 0.1) is 5.92 Å². The molecule has 0 bridgehead atoms. The number of carbonyl (C=O) groups excluding carboxylic acids is 3. The highest BCUT2D eigenvalue weighted by Gasteiger charge is 2.45. The van der Waals surface area contributed by atoms with E-state index in [1.54, 1.807) is 17.0 Å². The Bertz CT molecular complexity index is 1210. The Morgan fingerprint density at radius 2 is 1.86 bits per heavy atom. The van der Waals surface area contributed by atoms with Crippen molar-refractivity contribution in [3.8, 4) is 0 Å². The predicted octanol–water partition coefficient (Wildman–Crippen LogP) is 3.90. The molecule has 1 fully saturated rings. The molecule has 1 saturated heterocycles. The number of nitrogens with one attached hydrogen (secondary N) is 1. The van der Waals surface area contributed by atoms with E-state index in [2.05, 4.69) is 26.1 Å². The summed E-state index contributed by atoms with van der Waals surface area (Å²) in [7, 11) is 0. The molecule has 4 rings (SSSR count). The van der Waals surface area contributed by atoms with Crippen LogP contribution in [0.2, 0.25) is 5.02 Å². The molecule has 3 unspecified atom stereocenters. The topological polar surface area (TPSA) is 89.9 Å². The highest BCUT2D eigenvalue weighted by atomic mass is 35.5. The zero-order valence-electron chi connectivity index (χ0n) is 22.1. The lowest BCUT2D eigenvalue weighted by Gasteiger charge is -2.35. The molecule has 0 aliphatic carbocycles. The second kappa shape index (κ2) is 10.5. The molecule has 7 nitrogen and oxygen atoms in total. The van der Waals surface area contributed by atoms with E-state index in [0.29, 0.717) is 17.1 Å². The van der Waals surface area contributed by atoms with Gasteiger partial charge < -0.3 is 20.2 Å². The number of nitrogens with zero attached hydrogens (tertiary/aromatic N) is 2. The van der Waals surface area contributed by atoms with Gasteiger partial charge in [0.05, 0.1) is 6.10 Å². The van der Waals surface area contributed by atoms with Crippen LogP contribution in [-0.2, 0) is 28.1 Å². The van der Waals surface area contributed by atoms with Crippen LogP contribution in [0.1, 0.15) is 68.1 Å². The fourth-order valence-electron chi connectivity index (χ4n) is 5.46. The number of benzene rings is 2. The lowest BCUT2D eigenvalue weighted by molar-refractivity contribution is -0.143. The average molecular weight is 526 g/mol. The van der Waals surface area contributed by atoms with Crippen molar-refractivity contribution in [2.24, 2.45) is 5.92 Å². The number of amides is 3. The molecule has 0 saturated carbocycles. The van der Waals surface area contributed by atoms with Crippen LogP contribution >= 0.6 is 11.6 Å². The van der Waals surface area contributed by atoms with Crippen LogP contribution < -0.4 is 5.32 Å². The number of rotatable bonds is 6. The summed E-state index contributed by atoms with van der Waals surface area (Å²) in [5, 5.41) is 14.0. The fraction of sp³-hybridized carbons (Fsp3) is 0.483. The first-order chi connectivity index (χ1) is 17.4. The third-order valence-corrected chi connectivity index (χ3v) is 7.50. The molecule has 2 aliphatic heterocycles. The Labute approximate surface area is 223 Å². The van der Waals surface area contributed by atoms with E-state index < -0.39 is 18.2 Å². The quantitative estimate of drug-likeness (QED) is 0.598. The highest BCUT2D eigenvalue weighted by Crippen LogP contribution is 2.31. The van der Waals surface area contributed by atoms with E-state index in [1.165, 1.54) is 4.90 Å². The summed E-state index contributed by atoms with van der Waals surface area (Å²) < 4.78 is 0. The highest BCUT2D eigenvalue weighted by molar-refractivity contribution is 6.30. The lowest BCUT2D eigenvalue weighted by Crippen LogP contribution is -2.55. The zero-order chi connectivity index (χ0) is 27.1. The Hall–Kier alpha value is -2.90. The van der Waals surface area contributed by atoms with Gasteiger partial charge in [0.1, 0.15) is 12.1 Å². The third kappa shape index (κ3) is 5.53. The van der Waals surface area contributed by atoms with Crippen LogP contribution in [0.25, 0.3) is 0 Å². The second-order valence-electron chi connectivity index (χ2n) is 11.4. The van der Waals surface area contributed by atoms with Gasteiger partial charge in [0.2, 0.25) is 11.8 Å². The number of hydrogen-bond acceptors (Lipinski definition) is 4. The van der Waals surface area contributed by atoms with Gasteiger partial charge >= 0.3 is 0 Å². The minimum atomic E-state index is -0.811. The molecule has 0 aromatic heterocycles. The molecule has 198 valence electrons. The van der Waals surface area contributed by atoms with E-state index in [4.69, 9.17) is 11.6 Å². The summed E-state index contributed by atoms with van der Waals surface area (Å²) in [6.07, 6.45) is -0.650. The first kappa shape index (κ1) is 27.1. The minimum Gasteiger partial charge on any atom is -0.391 e. The van der Waals surface area contributed by atoms with Crippen LogP contribution in [0.3, 0.4) is 0 Å². The number of halogens is 1. The Kier molecular flexibility index (Phi) is 7.67. The van der Waals surface area contributed by atoms with Gasteiger partial charge in [-0.1, -0.05) is 70.5 Å². The molecule has 0 spiro atoms. The summed E-state index contributed by atoms with van der Waals surface area (Å²) in [6.45, 7) is 10.7. The molecule has 37 heavy (non-hydrogen) atoms. The van der Waals surface area contributed by atoms with E-state index in [-0.39, 0.29) is 48.6 Å². The Morgan fingerprint density at radius 3 is 2.51 bits per heavy atom. The second-order valence-corrected chi connectivity index (χ2v) is 11.9. The van der Waals surface area contributed by atoms with Gasteiger partial charge in [0.15, 0.2) is 0 Å². The van der Waals surface area contributed by atoms with Crippen molar-refractivity contribution in [1.29, 1.82) is 0 Å². The number of carbonyl (C=O) groups is 3. The van der Waals surface area contributed by atoms with E-state index in [1.807, 2.05) is 44.2 Å². The molecule has 2 aromatic carbocycles. The zero-order valence-corrected chi connectivity index (χ0v) is 22.9. The van der Waals surface area contributed by atoms with Gasteiger partial charge in [-0.3, -0.25) is 14.4 Å². The van der Waals surface area contributed by atoms with Crippen molar-refractivity contribution in [1.82, 2.24) is 15.1 Å². The summed E-state index contributed by atoms with van der Waals surface area (Å²) in [6, 6.07) is 11.4. The number of fused-ring (bicyclic) bond motifs is 1. The maximum absolute atomic E-state index is 13.9.